The average molecular weight is 278 g/mol. The van der Waals surface area contributed by atoms with Crippen molar-refractivity contribution in [3.63, 3.8) is 0 Å². The third kappa shape index (κ3) is 3.66. The molecule has 1 atom stereocenters. The molecule has 5 heteroatoms. The molecule has 20 heavy (non-hydrogen) atoms. The number of halogens is 2. The Morgan fingerprint density at radius 3 is 2.55 bits per heavy atom. The van der Waals surface area contributed by atoms with Gasteiger partial charge in [-0.2, -0.15) is 8.78 Å². The standard InChI is InChI=1S/C15H16F2N2O/c1-10-7-8-12(9-18-10)19-11(2)13-5-3-4-6-14(13)20-15(16)17/h3-9,11,15,19H,1-2H3. The number of nitrogens with one attached hydrogen (secondary N) is 1. The van der Waals surface area contributed by atoms with Crippen molar-refractivity contribution in [3.8, 4) is 5.75 Å². The zero-order valence-electron chi connectivity index (χ0n) is 11.3. The number of nitrogens with zero attached hydrogens (tertiary/aromatic N) is 1. The number of aryl methyl sites for hydroxylation is 1. The number of hydrogen-bond acceptors (Lipinski definition) is 3. The topological polar surface area (TPSA) is 34.1 Å². The van der Waals surface area contributed by atoms with Gasteiger partial charge < -0.3 is 10.1 Å². The van der Waals surface area contributed by atoms with Gasteiger partial charge in [-0.25, -0.2) is 0 Å². The molecule has 0 spiro atoms. The lowest BCUT2D eigenvalue weighted by molar-refractivity contribution is -0.0505. The molecule has 1 aromatic heterocycles. The van der Waals surface area contributed by atoms with Gasteiger partial charge in [0, 0.05) is 11.3 Å². The van der Waals surface area contributed by atoms with Crippen molar-refractivity contribution < 1.29 is 13.5 Å². The quantitative estimate of drug-likeness (QED) is 0.891. The maximum Gasteiger partial charge on any atom is 0.387 e. The summed E-state index contributed by atoms with van der Waals surface area (Å²) in [6.07, 6.45) is 1.71. The van der Waals surface area contributed by atoms with Gasteiger partial charge in [-0.05, 0) is 32.0 Å². The molecule has 0 aliphatic heterocycles. The predicted octanol–water partition coefficient (Wildman–Crippen LogP) is 4.16. The van der Waals surface area contributed by atoms with Crippen LogP contribution in [0.5, 0.6) is 5.75 Å². The van der Waals surface area contributed by atoms with Crippen LogP contribution in [0.1, 0.15) is 24.2 Å². The molecule has 1 aromatic carbocycles. The molecule has 3 nitrogen and oxygen atoms in total. The monoisotopic (exact) mass is 278 g/mol. The second-order valence-corrected chi connectivity index (χ2v) is 4.47. The van der Waals surface area contributed by atoms with E-state index in [9.17, 15) is 8.78 Å². The SMILES string of the molecule is Cc1ccc(NC(C)c2ccccc2OC(F)F)cn1. The molecule has 0 aliphatic carbocycles. The van der Waals surface area contributed by atoms with Crippen molar-refractivity contribution in [1.82, 2.24) is 4.98 Å². The number of benzene rings is 1. The van der Waals surface area contributed by atoms with Crippen LogP contribution in [0, 0.1) is 6.92 Å². The molecule has 106 valence electrons. The van der Waals surface area contributed by atoms with Crippen LogP contribution >= 0.6 is 0 Å². The third-order valence-corrected chi connectivity index (χ3v) is 2.90. The summed E-state index contributed by atoms with van der Waals surface area (Å²) in [7, 11) is 0. The lowest BCUT2D eigenvalue weighted by Crippen LogP contribution is -2.11. The number of aromatic nitrogens is 1. The van der Waals surface area contributed by atoms with Crippen molar-refractivity contribution in [2.24, 2.45) is 0 Å². The van der Waals surface area contributed by atoms with Gasteiger partial charge in [0.25, 0.3) is 0 Å². The molecule has 0 bridgehead atoms. The molecule has 0 amide bonds. The zero-order valence-corrected chi connectivity index (χ0v) is 11.3. The molecule has 0 radical (unpaired) electrons. The molecule has 0 fully saturated rings. The van der Waals surface area contributed by atoms with Gasteiger partial charge >= 0.3 is 6.61 Å². The number of rotatable bonds is 5. The van der Waals surface area contributed by atoms with Gasteiger partial charge in [0.2, 0.25) is 0 Å². The minimum absolute atomic E-state index is 0.172. The molecule has 0 aliphatic rings. The summed E-state index contributed by atoms with van der Waals surface area (Å²) in [5.41, 5.74) is 2.42. The van der Waals surface area contributed by atoms with Crippen LogP contribution in [0.2, 0.25) is 0 Å². The van der Waals surface area contributed by atoms with Crippen LogP contribution in [-0.4, -0.2) is 11.6 Å². The largest absolute Gasteiger partial charge is 0.434 e. The van der Waals surface area contributed by atoms with Gasteiger partial charge in [0.15, 0.2) is 0 Å². The number of ether oxygens (including phenoxy) is 1. The summed E-state index contributed by atoms with van der Waals surface area (Å²) < 4.78 is 29.3. The highest BCUT2D eigenvalue weighted by atomic mass is 19.3. The number of alkyl halides is 2. The van der Waals surface area contributed by atoms with E-state index < -0.39 is 6.61 Å². The van der Waals surface area contributed by atoms with Crippen LogP contribution in [0.4, 0.5) is 14.5 Å². The van der Waals surface area contributed by atoms with E-state index in [0.29, 0.717) is 5.56 Å². The first-order valence-electron chi connectivity index (χ1n) is 6.29. The summed E-state index contributed by atoms with van der Waals surface area (Å²) >= 11 is 0. The highest BCUT2D eigenvalue weighted by Crippen LogP contribution is 2.28. The molecule has 2 rings (SSSR count). The Labute approximate surface area is 116 Å². The van der Waals surface area contributed by atoms with E-state index in [4.69, 9.17) is 0 Å². The Morgan fingerprint density at radius 2 is 1.90 bits per heavy atom. The maximum atomic E-state index is 12.4. The molecule has 1 heterocycles. The van der Waals surface area contributed by atoms with Crippen LogP contribution < -0.4 is 10.1 Å². The molecule has 1 unspecified atom stereocenters. The summed E-state index contributed by atoms with van der Waals surface area (Å²) in [5, 5.41) is 3.21. The van der Waals surface area contributed by atoms with Crippen LogP contribution in [-0.2, 0) is 0 Å². The van der Waals surface area contributed by atoms with E-state index in [1.54, 1.807) is 24.4 Å². The molecular formula is C15H16F2N2O. The van der Waals surface area contributed by atoms with Crippen molar-refractivity contribution >= 4 is 5.69 Å². The van der Waals surface area contributed by atoms with Gasteiger partial charge in [-0.1, -0.05) is 18.2 Å². The summed E-state index contributed by atoms with van der Waals surface area (Å²) in [4.78, 5) is 4.18. The molecular weight excluding hydrogens is 262 g/mol. The Kier molecular flexibility index (Phi) is 4.50. The fourth-order valence-electron chi connectivity index (χ4n) is 1.92. The predicted molar refractivity (Wildman–Crippen MR) is 74.1 cm³/mol. The number of para-hydroxylation sites is 1. The van der Waals surface area contributed by atoms with E-state index in [1.165, 1.54) is 6.07 Å². The van der Waals surface area contributed by atoms with Crippen LogP contribution in [0.15, 0.2) is 42.6 Å². The lowest BCUT2D eigenvalue weighted by atomic mass is 10.1. The highest BCUT2D eigenvalue weighted by Gasteiger charge is 2.14. The summed E-state index contributed by atoms with van der Waals surface area (Å²) in [6, 6.07) is 10.4. The highest BCUT2D eigenvalue weighted by molar-refractivity contribution is 5.46. The molecule has 0 saturated heterocycles. The fourth-order valence-corrected chi connectivity index (χ4v) is 1.92. The maximum absolute atomic E-state index is 12.4. The Hall–Kier alpha value is -2.17. The summed E-state index contributed by atoms with van der Waals surface area (Å²) in [6.45, 7) is 0.955. The van der Waals surface area contributed by atoms with Crippen molar-refractivity contribution in [2.75, 3.05) is 5.32 Å². The second-order valence-electron chi connectivity index (χ2n) is 4.47. The minimum atomic E-state index is -2.83. The van der Waals surface area contributed by atoms with Crippen LogP contribution in [0.3, 0.4) is 0 Å². The van der Waals surface area contributed by atoms with E-state index >= 15 is 0 Å². The molecule has 1 N–H and O–H groups in total. The fraction of sp³-hybridized carbons (Fsp3) is 0.267. The number of pyridine rings is 1. The van der Waals surface area contributed by atoms with Gasteiger partial charge in [-0.3, -0.25) is 4.98 Å². The van der Waals surface area contributed by atoms with E-state index in [1.807, 2.05) is 26.0 Å². The smallest absolute Gasteiger partial charge is 0.387 e. The summed E-state index contributed by atoms with van der Waals surface area (Å²) in [5.74, 6) is 0.183. The average Bonchev–Trinajstić information content (AvgIpc) is 2.41. The first-order chi connectivity index (χ1) is 9.56. The normalized spacial score (nSPS) is 12.2. The first kappa shape index (κ1) is 14.2. The van der Waals surface area contributed by atoms with E-state index in [-0.39, 0.29) is 11.8 Å². The van der Waals surface area contributed by atoms with Gasteiger partial charge in [0.05, 0.1) is 17.9 Å². The Bertz CT molecular complexity index is 558. The Morgan fingerprint density at radius 1 is 1.15 bits per heavy atom. The second kappa shape index (κ2) is 6.32. The van der Waals surface area contributed by atoms with E-state index in [0.717, 1.165) is 11.4 Å². The first-order valence-corrected chi connectivity index (χ1v) is 6.29. The molecule has 0 saturated carbocycles. The Balaban J connectivity index is 2.16. The third-order valence-electron chi connectivity index (χ3n) is 2.90. The minimum Gasteiger partial charge on any atom is -0.434 e. The number of hydrogen-bond donors (Lipinski definition) is 1. The van der Waals surface area contributed by atoms with Gasteiger partial charge in [-0.15, -0.1) is 0 Å². The van der Waals surface area contributed by atoms with Crippen molar-refractivity contribution in [3.05, 3.63) is 53.9 Å². The van der Waals surface area contributed by atoms with Crippen molar-refractivity contribution in [1.29, 1.82) is 0 Å². The van der Waals surface area contributed by atoms with Crippen molar-refractivity contribution in [2.45, 2.75) is 26.5 Å². The zero-order chi connectivity index (χ0) is 14.5. The lowest BCUT2D eigenvalue weighted by Gasteiger charge is -2.18. The van der Waals surface area contributed by atoms with Gasteiger partial charge in [0.1, 0.15) is 5.75 Å². The molecule has 2 aromatic rings. The van der Waals surface area contributed by atoms with E-state index in [2.05, 4.69) is 15.0 Å². The van der Waals surface area contributed by atoms with Crippen LogP contribution in [0.25, 0.3) is 0 Å². The number of anilines is 1.